The van der Waals surface area contributed by atoms with E-state index in [4.69, 9.17) is 11.7 Å². The molecular formula is C22H19NO2. The predicted octanol–water partition coefficient (Wildman–Crippen LogP) is 3.49. The average Bonchev–Trinajstić information content (AvgIpc) is 2.62. The zero-order valence-corrected chi connectivity index (χ0v) is 14.4. The third-order valence-electron chi connectivity index (χ3n) is 4.33. The van der Waals surface area contributed by atoms with Crippen LogP contribution in [0.2, 0.25) is 0 Å². The molecule has 0 saturated heterocycles. The Hall–Kier alpha value is -3.17. The van der Waals surface area contributed by atoms with E-state index in [9.17, 15) is 9.59 Å². The molecule has 2 aromatic carbocycles. The lowest BCUT2D eigenvalue weighted by atomic mass is 9.78. The monoisotopic (exact) mass is 329 g/mol. The highest BCUT2D eigenvalue weighted by Gasteiger charge is 2.34. The highest BCUT2D eigenvalue weighted by atomic mass is 16.2. The molecule has 0 unspecified atom stereocenters. The molecule has 0 N–H and O–H groups in total. The van der Waals surface area contributed by atoms with Crippen molar-refractivity contribution in [2.75, 3.05) is 0 Å². The van der Waals surface area contributed by atoms with Gasteiger partial charge < -0.3 is 0 Å². The quantitative estimate of drug-likeness (QED) is 0.602. The fourth-order valence-electron chi connectivity index (χ4n) is 2.38. The zero-order chi connectivity index (χ0) is 18.4. The van der Waals surface area contributed by atoms with E-state index in [0.717, 1.165) is 16.7 Å². The molecule has 2 rings (SSSR count). The van der Waals surface area contributed by atoms with E-state index < -0.39 is 5.41 Å². The van der Waals surface area contributed by atoms with Gasteiger partial charge in [0.2, 0.25) is 0 Å². The van der Waals surface area contributed by atoms with Crippen LogP contribution in [0.3, 0.4) is 0 Å². The topological polar surface area (TPSA) is 57.9 Å². The summed E-state index contributed by atoms with van der Waals surface area (Å²) in [6, 6.07) is 16.1. The summed E-state index contributed by atoms with van der Waals surface area (Å²) >= 11 is 0. The van der Waals surface area contributed by atoms with Gasteiger partial charge in [-0.2, -0.15) is 5.26 Å². The van der Waals surface area contributed by atoms with Crippen molar-refractivity contribution in [3.05, 3.63) is 70.8 Å². The lowest BCUT2D eigenvalue weighted by Crippen LogP contribution is -2.35. The Bertz CT molecular complexity index is 787. The van der Waals surface area contributed by atoms with Crippen LogP contribution in [0.5, 0.6) is 0 Å². The molecule has 0 aliphatic heterocycles. The molecule has 0 radical (unpaired) electrons. The number of rotatable bonds is 6. The van der Waals surface area contributed by atoms with Crippen molar-refractivity contribution in [2.24, 2.45) is 5.41 Å². The average molecular weight is 329 g/mol. The number of terminal acetylenes is 1. The van der Waals surface area contributed by atoms with Gasteiger partial charge in [0.1, 0.15) is 11.6 Å². The van der Waals surface area contributed by atoms with Gasteiger partial charge in [0.25, 0.3) is 0 Å². The minimum absolute atomic E-state index is 0.125. The van der Waals surface area contributed by atoms with Gasteiger partial charge >= 0.3 is 0 Å². The van der Waals surface area contributed by atoms with Gasteiger partial charge in [-0.1, -0.05) is 30.2 Å². The number of ketones is 2. The highest BCUT2D eigenvalue weighted by molar-refractivity contribution is 6.07. The first-order valence-electron chi connectivity index (χ1n) is 7.98. The number of Topliss-reactive ketones (excluding diaryl/α,β-unsaturated/α-hetero) is 2. The molecule has 0 bridgehead atoms. The van der Waals surface area contributed by atoms with E-state index in [2.05, 4.69) is 5.92 Å². The lowest BCUT2D eigenvalue weighted by Gasteiger charge is -2.22. The Morgan fingerprint density at radius 3 is 1.64 bits per heavy atom. The van der Waals surface area contributed by atoms with Gasteiger partial charge in [-0.3, -0.25) is 9.59 Å². The Morgan fingerprint density at radius 1 is 0.880 bits per heavy atom. The molecule has 0 amide bonds. The first-order chi connectivity index (χ1) is 11.9. The molecule has 0 atom stereocenters. The standard InChI is InChI=1S/C22H19NO2/c1-4-16-5-7-17(8-6-16)13-20(24)22(2,3)21(25)14-18-9-11-19(15-23)12-10-18/h1,5-12H,13-14H2,2-3H3. The van der Waals surface area contributed by atoms with Crippen molar-refractivity contribution in [3.8, 4) is 18.4 Å². The van der Waals surface area contributed by atoms with Gasteiger partial charge in [-0.15, -0.1) is 6.42 Å². The van der Waals surface area contributed by atoms with Crippen LogP contribution in [0.1, 0.15) is 36.1 Å². The normalized spacial score (nSPS) is 10.6. The van der Waals surface area contributed by atoms with E-state index in [1.165, 1.54) is 0 Å². The molecule has 25 heavy (non-hydrogen) atoms. The number of hydrogen-bond donors (Lipinski definition) is 0. The van der Waals surface area contributed by atoms with Crippen LogP contribution in [0.15, 0.2) is 48.5 Å². The van der Waals surface area contributed by atoms with Crippen molar-refractivity contribution in [2.45, 2.75) is 26.7 Å². The van der Waals surface area contributed by atoms with Gasteiger partial charge in [0, 0.05) is 18.4 Å². The molecule has 0 saturated carbocycles. The van der Waals surface area contributed by atoms with Gasteiger partial charge in [-0.05, 0) is 49.2 Å². The summed E-state index contributed by atoms with van der Waals surface area (Å²) in [7, 11) is 0. The predicted molar refractivity (Wildman–Crippen MR) is 96.7 cm³/mol. The van der Waals surface area contributed by atoms with E-state index in [1.54, 1.807) is 50.2 Å². The second-order valence-electron chi connectivity index (χ2n) is 6.47. The molecule has 3 nitrogen and oxygen atoms in total. The summed E-state index contributed by atoms with van der Waals surface area (Å²) in [4.78, 5) is 25.2. The van der Waals surface area contributed by atoms with E-state index in [0.29, 0.717) is 5.56 Å². The van der Waals surface area contributed by atoms with Crippen molar-refractivity contribution in [1.82, 2.24) is 0 Å². The second-order valence-corrected chi connectivity index (χ2v) is 6.47. The van der Waals surface area contributed by atoms with E-state index in [1.807, 2.05) is 18.2 Å². The maximum absolute atomic E-state index is 12.6. The zero-order valence-electron chi connectivity index (χ0n) is 14.4. The molecule has 0 aliphatic carbocycles. The van der Waals surface area contributed by atoms with Crippen molar-refractivity contribution >= 4 is 11.6 Å². The molecule has 3 heteroatoms. The minimum atomic E-state index is -1.07. The van der Waals surface area contributed by atoms with Crippen LogP contribution < -0.4 is 0 Å². The lowest BCUT2D eigenvalue weighted by molar-refractivity contribution is -0.137. The third kappa shape index (κ3) is 4.43. The van der Waals surface area contributed by atoms with Crippen LogP contribution >= 0.6 is 0 Å². The summed E-state index contributed by atoms with van der Waals surface area (Å²) in [5.41, 5.74) is 1.86. The van der Waals surface area contributed by atoms with Gasteiger partial charge in [0.05, 0.1) is 17.0 Å². The summed E-state index contributed by atoms with van der Waals surface area (Å²) in [5, 5.41) is 8.81. The van der Waals surface area contributed by atoms with Crippen LogP contribution in [0.25, 0.3) is 0 Å². The fourth-order valence-corrected chi connectivity index (χ4v) is 2.38. The molecule has 0 spiro atoms. The summed E-state index contributed by atoms with van der Waals surface area (Å²) in [6.07, 6.45) is 5.68. The molecule has 0 heterocycles. The SMILES string of the molecule is C#Cc1ccc(CC(=O)C(C)(C)C(=O)Cc2ccc(C#N)cc2)cc1. The third-order valence-corrected chi connectivity index (χ3v) is 4.33. The van der Waals surface area contributed by atoms with Crippen molar-refractivity contribution < 1.29 is 9.59 Å². The number of nitriles is 1. The van der Waals surface area contributed by atoms with Crippen LogP contribution in [-0.4, -0.2) is 11.6 Å². The summed E-state index contributed by atoms with van der Waals surface area (Å²) < 4.78 is 0. The molecule has 0 aromatic heterocycles. The second kappa shape index (κ2) is 7.60. The van der Waals surface area contributed by atoms with Crippen molar-refractivity contribution in [1.29, 1.82) is 5.26 Å². The molecule has 124 valence electrons. The Morgan fingerprint density at radius 2 is 1.28 bits per heavy atom. The Balaban J connectivity index is 2.06. The van der Waals surface area contributed by atoms with E-state index >= 15 is 0 Å². The van der Waals surface area contributed by atoms with Crippen molar-refractivity contribution in [3.63, 3.8) is 0 Å². The fraction of sp³-hybridized carbons (Fsp3) is 0.227. The summed E-state index contributed by atoms with van der Waals surface area (Å²) in [6.45, 7) is 3.33. The molecular weight excluding hydrogens is 310 g/mol. The van der Waals surface area contributed by atoms with Crippen LogP contribution in [-0.2, 0) is 22.4 Å². The number of carbonyl (C=O) groups excluding carboxylic acids is 2. The smallest absolute Gasteiger partial charge is 0.150 e. The summed E-state index contributed by atoms with van der Waals surface area (Å²) in [5.74, 6) is 2.27. The first-order valence-corrected chi connectivity index (χ1v) is 7.98. The number of benzene rings is 2. The molecule has 2 aromatic rings. The van der Waals surface area contributed by atoms with Crippen LogP contribution in [0.4, 0.5) is 0 Å². The largest absolute Gasteiger partial charge is 0.298 e. The molecule has 0 fully saturated rings. The maximum Gasteiger partial charge on any atom is 0.150 e. The Kier molecular flexibility index (Phi) is 5.52. The first kappa shape index (κ1) is 18.2. The van der Waals surface area contributed by atoms with Crippen LogP contribution in [0, 0.1) is 29.1 Å². The van der Waals surface area contributed by atoms with Gasteiger partial charge in [0.15, 0.2) is 0 Å². The number of hydrogen-bond acceptors (Lipinski definition) is 3. The number of nitrogens with zero attached hydrogens (tertiary/aromatic N) is 1. The minimum Gasteiger partial charge on any atom is -0.298 e. The maximum atomic E-state index is 12.6. The number of carbonyl (C=O) groups is 2. The van der Waals surface area contributed by atoms with Gasteiger partial charge in [-0.25, -0.2) is 0 Å². The highest BCUT2D eigenvalue weighted by Crippen LogP contribution is 2.23. The Labute approximate surface area is 148 Å². The van der Waals surface area contributed by atoms with E-state index in [-0.39, 0.29) is 24.4 Å². The molecule has 0 aliphatic rings.